The molecule has 1 fully saturated rings. The molecule has 2 atom stereocenters. The van der Waals surface area contributed by atoms with Gasteiger partial charge in [0.2, 0.25) is 0 Å². The summed E-state index contributed by atoms with van der Waals surface area (Å²) < 4.78 is 0. The van der Waals surface area contributed by atoms with Crippen LogP contribution in [0.3, 0.4) is 0 Å². The maximum atomic E-state index is 11.0. The van der Waals surface area contributed by atoms with Gasteiger partial charge in [0.25, 0.3) is 0 Å². The molecule has 0 aliphatic carbocycles. The molecule has 68 valence electrons. The van der Waals surface area contributed by atoms with Crippen LogP contribution >= 0.6 is 0 Å². The fourth-order valence-electron chi connectivity index (χ4n) is 1.71. The third-order valence-corrected chi connectivity index (χ3v) is 2.23. The molecule has 4 heteroatoms. The Morgan fingerprint density at radius 3 is 2.33 bits per heavy atom. The van der Waals surface area contributed by atoms with Crippen molar-refractivity contribution >= 4 is 11.9 Å². The van der Waals surface area contributed by atoms with Crippen molar-refractivity contribution in [3.8, 4) is 0 Å². The van der Waals surface area contributed by atoms with Crippen molar-refractivity contribution in [2.75, 3.05) is 6.54 Å². The molecule has 1 heterocycles. The van der Waals surface area contributed by atoms with Gasteiger partial charge in [0, 0.05) is 12.6 Å². The van der Waals surface area contributed by atoms with Gasteiger partial charge in [0.15, 0.2) is 0 Å². The molecule has 12 heavy (non-hydrogen) atoms. The summed E-state index contributed by atoms with van der Waals surface area (Å²) in [6.07, 6.45) is 0.902. The van der Waals surface area contributed by atoms with Gasteiger partial charge in [0.1, 0.15) is 0 Å². The standard InChI is InChI=1S/C8H13NO3/c1-5-3-6(2)9(4-5)7(10)8(11)12/h5-6H,3-4H2,1-2H3,(H,11,12). The van der Waals surface area contributed by atoms with Crippen molar-refractivity contribution in [2.24, 2.45) is 5.92 Å². The zero-order valence-corrected chi connectivity index (χ0v) is 7.28. The molecule has 0 saturated carbocycles. The van der Waals surface area contributed by atoms with Crippen LogP contribution < -0.4 is 0 Å². The van der Waals surface area contributed by atoms with E-state index >= 15 is 0 Å². The summed E-state index contributed by atoms with van der Waals surface area (Å²) in [7, 11) is 0. The molecule has 0 aromatic heterocycles. The van der Waals surface area contributed by atoms with Crippen LogP contribution in [0.2, 0.25) is 0 Å². The predicted octanol–water partition coefficient (Wildman–Crippen LogP) is 0.328. The molecular weight excluding hydrogens is 158 g/mol. The summed E-state index contributed by atoms with van der Waals surface area (Å²) in [5.41, 5.74) is 0. The van der Waals surface area contributed by atoms with Gasteiger partial charge in [-0.2, -0.15) is 0 Å². The van der Waals surface area contributed by atoms with E-state index in [1.54, 1.807) is 0 Å². The lowest BCUT2D eigenvalue weighted by Crippen LogP contribution is -2.38. The third-order valence-electron chi connectivity index (χ3n) is 2.23. The van der Waals surface area contributed by atoms with Crippen molar-refractivity contribution in [2.45, 2.75) is 26.3 Å². The second-order valence-electron chi connectivity index (χ2n) is 3.45. The van der Waals surface area contributed by atoms with E-state index in [0.717, 1.165) is 6.42 Å². The van der Waals surface area contributed by atoms with Gasteiger partial charge >= 0.3 is 11.9 Å². The van der Waals surface area contributed by atoms with E-state index in [0.29, 0.717) is 12.5 Å². The van der Waals surface area contributed by atoms with Crippen LogP contribution in [0.1, 0.15) is 20.3 Å². The number of carbonyl (C=O) groups excluding carboxylic acids is 1. The number of rotatable bonds is 0. The first-order valence-electron chi connectivity index (χ1n) is 4.06. The van der Waals surface area contributed by atoms with Gasteiger partial charge in [-0.3, -0.25) is 4.79 Å². The fourth-order valence-corrected chi connectivity index (χ4v) is 1.71. The zero-order chi connectivity index (χ0) is 9.30. The second kappa shape index (κ2) is 3.13. The first-order chi connectivity index (χ1) is 5.52. The van der Waals surface area contributed by atoms with Crippen LogP contribution in [0, 0.1) is 5.92 Å². The van der Waals surface area contributed by atoms with Crippen molar-refractivity contribution in [3.63, 3.8) is 0 Å². The van der Waals surface area contributed by atoms with Crippen LogP contribution in [0.15, 0.2) is 0 Å². The Balaban J connectivity index is 2.64. The minimum absolute atomic E-state index is 0.0728. The number of hydrogen-bond acceptors (Lipinski definition) is 2. The molecule has 0 aromatic rings. The van der Waals surface area contributed by atoms with Crippen LogP contribution in [0.25, 0.3) is 0 Å². The molecule has 1 rings (SSSR count). The summed E-state index contributed by atoms with van der Waals surface area (Å²) in [4.78, 5) is 22.8. The molecule has 1 saturated heterocycles. The van der Waals surface area contributed by atoms with Crippen LogP contribution in [0.4, 0.5) is 0 Å². The molecular formula is C8H13NO3. The predicted molar refractivity (Wildman–Crippen MR) is 42.6 cm³/mol. The first-order valence-corrected chi connectivity index (χ1v) is 4.06. The van der Waals surface area contributed by atoms with Gasteiger partial charge in [0.05, 0.1) is 0 Å². The highest BCUT2D eigenvalue weighted by Gasteiger charge is 2.32. The molecule has 1 amide bonds. The number of carbonyl (C=O) groups is 2. The number of carboxylic acid groups (broad SMARTS) is 1. The van der Waals surface area contributed by atoms with Crippen molar-refractivity contribution < 1.29 is 14.7 Å². The molecule has 0 radical (unpaired) electrons. The molecule has 4 nitrogen and oxygen atoms in total. The quantitative estimate of drug-likeness (QED) is 0.534. The highest BCUT2D eigenvalue weighted by molar-refractivity contribution is 6.31. The van der Waals surface area contributed by atoms with E-state index in [4.69, 9.17) is 5.11 Å². The third kappa shape index (κ3) is 1.57. The Labute approximate surface area is 71.2 Å². The van der Waals surface area contributed by atoms with Gasteiger partial charge in [-0.05, 0) is 19.3 Å². The molecule has 0 bridgehead atoms. The van der Waals surface area contributed by atoms with E-state index in [1.165, 1.54) is 4.90 Å². The number of carboxylic acids is 1. The topological polar surface area (TPSA) is 57.6 Å². The Morgan fingerprint density at radius 2 is 2.00 bits per heavy atom. The summed E-state index contributed by atoms with van der Waals surface area (Å²) in [5, 5.41) is 8.46. The Bertz CT molecular complexity index is 214. The Kier molecular flexibility index (Phi) is 2.35. The summed E-state index contributed by atoms with van der Waals surface area (Å²) in [6.45, 7) is 4.47. The van der Waals surface area contributed by atoms with Gasteiger partial charge in [-0.15, -0.1) is 0 Å². The number of aliphatic carboxylic acids is 1. The molecule has 2 unspecified atom stereocenters. The lowest BCUT2D eigenvalue weighted by atomic mass is 10.1. The van der Waals surface area contributed by atoms with E-state index in [1.807, 2.05) is 13.8 Å². The van der Waals surface area contributed by atoms with E-state index in [-0.39, 0.29) is 6.04 Å². The summed E-state index contributed by atoms with van der Waals surface area (Å²) >= 11 is 0. The van der Waals surface area contributed by atoms with E-state index in [2.05, 4.69) is 0 Å². The lowest BCUT2D eigenvalue weighted by molar-refractivity contribution is -0.156. The molecule has 1 aliphatic rings. The average molecular weight is 171 g/mol. The number of hydrogen-bond donors (Lipinski definition) is 1. The molecule has 0 aromatic carbocycles. The summed E-state index contributed by atoms with van der Waals surface area (Å²) in [6, 6.07) is 0.0728. The Morgan fingerprint density at radius 1 is 1.42 bits per heavy atom. The first kappa shape index (κ1) is 9.03. The largest absolute Gasteiger partial charge is 0.474 e. The fraction of sp³-hybridized carbons (Fsp3) is 0.750. The highest BCUT2D eigenvalue weighted by Crippen LogP contribution is 2.21. The lowest BCUT2D eigenvalue weighted by Gasteiger charge is -2.18. The maximum Gasteiger partial charge on any atom is 0.394 e. The van der Waals surface area contributed by atoms with Gasteiger partial charge in [-0.1, -0.05) is 6.92 Å². The summed E-state index contributed by atoms with van der Waals surface area (Å²) in [5.74, 6) is -1.70. The number of likely N-dealkylation sites (tertiary alicyclic amines) is 1. The Hall–Kier alpha value is -1.06. The molecule has 1 aliphatic heterocycles. The van der Waals surface area contributed by atoms with Crippen molar-refractivity contribution in [1.29, 1.82) is 0 Å². The van der Waals surface area contributed by atoms with Gasteiger partial charge in [-0.25, -0.2) is 4.79 Å². The normalized spacial score (nSPS) is 29.0. The van der Waals surface area contributed by atoms with E-state index in [9.17, 15) is 9.59 Å². The highest BCUT2D eigenvalue weighted by atomic mass is 16.4. The molecule has 0 spiro atoms. The van der Waals surface area contributed by atoms with Crippen LogP contribution in [-0.4, -0.2) is 34.5 Å². The maximum absolute atomic E-state index is 11.0. The monoisotopic (exact) mass is 171 g/mol. The molecule has 1 N–H and O–H groups in total. The average Bonchev–Trinajstić information content (AvgIpc) is 2.28. The SMILES string of the molecule is CC1CC(C)N(C(=O)C(=O)O)C1. The number of amides is 1. The number of nitrogens with zero attached hydrogens (tertiary/aromatic N) is 1. The van der Waals surface area contributed by atoms with Crippen LogP contribution in [-0.2, 0) is 9.59 Å². The van der Waals surface area contributed by atoms with Crippen LogP contribution in [0.5, 0.6) is 0 Å². The smallest absolute Gasteiger partial charge is 0.394 e. The van der Waals surface area contributed by atoms with E-state index < -0.39 is 11.9 Å². The van der Waals surface area contributed by atoms with Gasteiger partial charge < -0.3 is 10.0 Å². The zero-order valence-electron chi connectivity index (χ0n) is 7.28. The second-order valence-corrected chi connectivity index (χ2v) is 3.45. The minimum atomic E-state index is -1.35. The van der Waals surface area contributed by atoms with Crippen molar-refractivity contribution in [1.82, 2.24) is 4.90 Å². The minimum Gasteiger partial charge on any atom is -0.474 e. The van der Waals surface area contributed by atoms with Crippen molar-refractivity contribution in [3.05, 3.63) is 0 Å².